The fourth-order valence-electron chi connectivity index (χ4n) is 6.43. The van der Waals surface area contributed by atoms with Crippen LogP contribution in [0.4, 0.5) is 0 Å². The molecule has 1 rings (SSSR count). The van der Waals surface area contributed by atoms with Crippen molar-refractivity contribution in [3.8, 4) is 0 Å². The van der Waals surface area contributed by atoms with Gasteiger partial charge < -0.3 is 40.8 Å². The number of allylic oxidation sites excluding steroid dienone is 1. The number of aliphatic hydroxyl groups excluding tert-OH is 6. The van der Waals surface area contributed by atoms with E-state index in [9.17, 15) is 44.9 Å². The third-order valence-electron chi connectivity index (χ3n) is 9.82. The first-order valence-corrected chi connectivity index (χ1v) is 21.6. The van der Waals surface area contributed by atoms with Crippen LogP contribution in [0.5, 0.6) is 0 Å². The highest BCUT2D eigenvalue weighted by atomic mass is 31.2. The van der Waals surface area contributed by atoms with Gasteiger partial charge in [0.2, 0.25) is 5.91 Å². The molecule has 1 saturated carbocycles. The summed E-state index contributed by atoms with van der Waals surface area (Å²) < 4.78 is 22.8. The molecule has 0 aromatic carbocycles. The average Bonchev–Trinajstić information content (AvgIpc) is 3.11. The maximum Gasteiger partial charge on any atom is 0.472 e. The predicted octanol–water partition coefficient (Wildman–Crippen LogP) is 6.11. The molecular weight excluding hydrogens is 677 g/mol. The molecule has 0 aromatic rings. The summed E-state index contributed by atoms with van der Waals surface area (Å²) in [6, 6.07) is -1.11. The van der Waals surface area contributed by atoms with Gasteiger partial charge >= 0.3 is 7.82 Å². The molecule has 0 aliphatic heterocycles. The summed E-state index contributed by atoms with van der Waals surface area (Å²) in [6.45, 7) is 3.79. The Morgan fingerprint density at radius 2 is 1.04 bits per heavy atom. The molecule has 1 fully saturated rings. The van der Waals surface area contributed by atoms with E-state index in [4.69, 9.17) is 9.05 Å². The normalized spacial score (nSPS) is 24.8. The van der Waals surface area contributed by atoms with Gasteiger partial charge in [-0.05, 0) is 19.3 Å². The van der Waals surface area contributed by atoms with Gasteiger partial charge in [0.15, 0.2) is 0 Å². The van der Waals surface area contributed by atoms with Gasteiger partial charge in [0.1, 0.15) is 36.6 Å². The van der Waals surface area contributed by atoms with Crippen molar-refractivity contribution >= 4 is 13.7 Å². The van der Waals surface area contributed by atoms with Crippen molar-refractivity contribution in [2.45, 2.75) is 217 Å². The third kappa shape index (κ3) is 22.2. The number of amides is 1. The molecule has 0 bridgehead atoms. The van der Waals surface area contributed by atoms with Crippen molar-refractivity contribution in [3.05, 3.63) is 12.2 Å². The fraction of sp³-hybridized carbons (Fsp3) is 0.921. The first-order chi connectivity index (χ1) is 24.4. The van der Waals surface area contributed by atoms with Crippen LogP contribution in [0.1, 0.15) is 168 Å². The van der Waals surface area contributed by atoms with Gasteiger partial charge in [-0.15, -0.1) is 0 Å². The molecule has 1 aliphatic carbocycles. The maximum absolute atomic E-state index is 12.8. The molecule has 0 spiro atoms. The summed E-state index contributed by atoms with van der Waals surface area (Å²) in [4.78, 5) is 23.2. The van der Waals surface area contributed by atoms with Crippen LogP contribution in [0.25, 0.3) is 0 Å². The van der Waals surface area contributed by atoms with E-state index in [1.165, 1.54) is 102 Å². The summed E-state index contributed by atoms with van der Waals surface area (Å²) in [5.74, 6) is -0.342. The lowest BCUT2D eigenvalue weighted by atomic mass is 9.85. The minimum atomic E-state index is -5.06. The van der Waals surface area contributed by atoms with Crippen molar-refractivity contribution in [2.75, 3.05) is 6.61 Å². The van der Waals surface area contributed by atoms with E-state index in [-0.39, 0.29) is 12.3 Å². The second-order valence-electron chi connectivity index (χ2n) is 14.5. The van der Waals surface area contributed by atoms with Crippen molar-refractivity contribution in [1.82, 2.24) is 5.32 Å². The van der Waals surface area contributed by atoms with E-state index >= 15 is 0 Å². The lowest BCUT2D eigenvalue weighted by molar-refractivity contribution is -0.220. The molecule has 13 heteroatoms. The van der Waals surface area contributed by atoms with Crippen molar-refractivity contribution < 1.29 is 53.9 Å². The van der Waals surface area contributed by atoms with Gasteiger partial charge in [-0.2, -0.15) is 0 Å². The van der Waals surface area contributed by atoms with E-state index in [2.05, 4.69) is 19.2 Å². The lowest BCUT2D eigenvalue weighted by Crippen LogP contribution is -2.64. The lowest BCUT2D eigenvalue weighted by Gasteiger charge is -2.41. The Morgan fingerprint density at radius 3 is 1.49 bits per heavy atom. The fourth-order valence-corrected chi connectivity index (χ4v) is 7.40. The van der Waals surface area contributed by atoms with Crippen LogP contribution in [0.2, 0.25) is 0 Å². The Bertz CT molecular complexity index is 926. The zero-order valence-corrected chi connectivity index (χ0v) is 32.6. The molecule has 9 atom stereocenters. The SMILES string of the molecule is CCCCCCCCCCC/C=C/[C@@H](O)[C@H](COP(=O)(O)OC1C(O)C(O)C(O)[C@@H](O)C1O)NC(=O)CCCCCCCCCCCCCCC. The summed E-state index contributed by atoms with van der Waals surface area (Å²) >= 11 is 0. The number of hydrogen-bond acceptors (Lipinski definition) is 10. The molecule has 302 valence electrons. The number of nitrogens with one attached hydrogen (secondary N) is 1. The number of carbonyl (C=O) groups is 1. The van der Waals surface area contributed by atoms with Crippen molar-refractivity contribution in [1.29, 1.82) is 0 Å². The number of phosphoric ester groups is 1. The van der Waals surface area contributed by atoms with Gasteiger partial charge in [0.25, 0.3) is 0 Å². The number of carbonyl (C=O) groups excluding carboxylic acids is 1. The Labute approximate surface area is 308 Å². The smallest absolute Gasteiger partial charge is 0.387 e. The summed E-state index contributed by atoms with van der Waals surface area (Å²) in [5.41, 5.74) is 0. The molecule has 12 nitrogen and oxygen atoms in total. The van der Waals surface area contributed by atoms with Crippen molar-refractivity contribution in [3.63, 3.8) is 0 Å². The minimum Gasteiger partial charge on any atom is -0.387 e. The topological polar surface area (TPSA) is 206 Å². The number of unbranched alkanes of at least 4 members (excludes halogenated alkanes) is 21. The van der Waals surface area contributed by atoms with Crippen molar-refractivity contribution in [2.24, 2.45) is 0 Å². The molecule has 1 aliphatic rings. The first-order valence-electron chi connectivity index (χ1n) is 20.1. The van der Waals surface area contributed by atoms with Gasteiger partial charge in [0, 0.05) is 6.42 Å². The second-order valence-corrected chi connectivity index (χ2v) is 15.9. The standard InChI is InChI=1S/C38H74NO11P/c1-3-5-7-9-11-13-15-16-18-20-22-24-26-28-32(41)39-30(31(40)27-25-23-21-19-17-14-12-10-8-6-4-2)29-49-51(47,48)50-38-36(45)34(43)33(42)35(44)37(38)46/h25,27,30-31,33-38,40,42-46H,3-24,26,28-29H2,1-2H3,(H,39,41)(H,47,48)/b27-25+/t30-,31+,33?,34+,35?,36?,37?,38?/m0/s1. The maximum atomic E-state index is 12.8. The Hall–Kier alpha value is -0.920. The highest BCUT2D eigenvalue weighted by Gasteiger charge is 2.51. The molecular formula is C38H74NO11P. The molecule has 8 N–H and O–H groups in total. The predicted molar refractivity (Wildman–Crippen MR) is 200 cm³/mol. The summed E-state index contributed by atoms with van der Waals surface area (Å²) in [7, 11) is -5.06. The molecule has 1 amide bonds. The van der Waals surface area contributed by atoms with Gasteiger partial charge in [-0.1, -0.05) is 154 Å². The van der Waals surface area contributed by atoms with Crippen LogP contribution in [0, 0.1) is 0 Å². The van der Waals surface area contributed by atoms with Crippen LogP contribution >= 0.6 is 7.82 Å². The molecule has 51 heavy (non-hydrogen) atoms. The molecule has 0 radical (unpaired) electrons. The van der Waals surface area contributed by atoms with E-state index in [0.717, 1.165) is 44.9 Å². The first kappa shape index (κ1) is 48.1. The van der Waals surface area contributed by atoms with Crippen LogP contribution in [0.15, 0.2) is 12.2 Å². The minimum absolute atomic E-state index is 0.217. The quantitative estimate of drug-likeness (QED) is 0.0224. The largest absolute Gasteiger partial charge is 0.472 e. The number of rotatable bonds is 32. The van der Waals surface area contributed by atoms with E-state index < -0.39 is 63.2 Å². The van der Waals surface area contributed by atoms with E-state index in [0.29, 0.717) is 6.42 Å². The van der Waals surface area contributed by atoms with E-state index in [1.807, 2.05) is 6.08 Å². The summed E-state index contributed by atoms with van der Waals surface area (Å²) in [5, 5.41) is 63.6. The molecule has 0 saturated heterocycles. The van der Waals surface area contributed by atoms with Crippen LogP contribution in [-0.4, -0.2) is 96.8 Å². The highest BCUT2D eigenvalue weighted by Crippen LogP contribution is 2.47. The number of aliphatic hydroxyl groups is 6. The third-order valence-corrected chi connectivity index (χ3v) is 10.8. The van der Waals surface area contributed by atoms with Crippen LogP contribution in [0.3, 0.4) is 0 Å². The van der Waals surface area contributed by atoms with Gasteiger partial charge in [-0.25, -0.2) is 4.57 Å². The summed E-state index contributed by atoms with van der Waals surface area (Å²) in [6.07, 6.45) is 17.2. The average molecular weight is 752 g/mol. The van der Waals surface area contributed by atoms with Gasteiger partial charge in [0.05, 0.1) is 18.8 Å². The van der Waals surface area contributed by atoms with Crippen LogP contribution in [-0.2, 0) is 18.4 Å². The zero-order valence-electron chi connectivity index (χ0n) is 31.7. The van der Waals surface area contributed by atoms with Crippen LogP contribution < -0.4 is 5.32 Å². The monoisotopic (exact) mass is 751 g/mol. The molecule has 0 heterocycles. The zero-order chi connectivity index (χ0) is 37.9. The molecule has 0 aromatic heterocycles. The Kier molecular flexibility index (Phi) is 27.8. The van der Waals surface area contributed by atoms with Gasteiger partial charge in [-0.3, -0.25) is 13.8 Å². The Morgan fingerprint density at radius 1 is 0.647 bits per heavy atom. The van der Waals surface area contributed by atoms with E-state index in [1.54, 1.807) is 0 Å². The number of phosphoric acid groups is 1. The molecule has 6 unspecified atom stereocenters. The number of hydrogen-bond donors (Lipinski definition) is 8. The Balaban J connectivity index is 2.58. The highest BCUT2D eigenvalue weighted by molar-refractivity contribution is 7.47. The second kappa shape index (κ2) is 29.4.